The molecule has 1 amide bonds. The molecule has 1 aromatic rings. The van der Waals surface area contributed by atoms with Crippen molar-refractivity contribution >= 4 is 15.9 Å². The van der Waals surface area contributed by atoms with Crippen molar-refractivity contribution in [2.75, 3.05) is 13.1 Å². The molecule has 1 aromatic carbocycles. The molecule has 0 aromatic heterocycles. The molecule has 1 aliphatic rings. The first-order chi connectivity index (χ1) is 9.38. The van der Waals surface area contributed by atoms with E-state index >= 15 is 0 Å². The summed E-state index contributed by atoms with van der Waals surface area (Å²) < 4.78 is 22.9. The van der Waals surface area contributed by atoms with Gasteiger partial charge >= 0.3 is 0 Å². The fraction of sp³-hybridized carbons (Fsp3) is 0.500. The first-order valence-corrected chi connectivity index (χ1v) is 8.36. The van der Waals surface area contributed by atoms with Gasteiger partial charge < -0.3 is 4.90 Å². The van der Waals surface area contributed by atoms with Crippen LogP contribution in [0.15, 0.2) is 23.1 Å². The Hall–Kier alpha value is -1.40. The van der Waals surface area contributed by atoms with Crippen molar-refractivity contribution in [1.82, 2.24) is 4.90 Å². The molecule has 6 heteroatoms. The van der Waals surface area contributed by atoms with E-state index in [9.17, 15) is 13.2 Å². The largest absolute Gasteiger partial charge is 0.339 e. The predicted octanol–water partition coefficient (Wildman–Crippen LogP) is 1.66. The lowest BCUT2D eigenvalue weighted by molar-refractivity contribution is 0.0761. The van der Waals surface area contributed by atoms with Crippen LogP contribution in [0.5, 0.6) is 0 Å². The van der Waals surface area contributed by atoms with Crippen LogP contribution in [-0.2, 0) is 10.0 Å². The highest BCUT2D eigenvalue weighted by Gasteiger charge is 2.19. The minimum atomic E-state index is -3.79. The summed E-state index contributed by atoms with van der Waals surface area (Å²) in [5.74, 6) is -0.111. The lowest BCUT2D eigenvalue weighted by Gasteiger charge is -2.20. The van der Waals surface area contributed by atoms with E-state index in [-0.39, 0.29) is 10.8 Å². The smallest absolute Gasteiger partial charge is 0.253 e. The fourth-order valence-corrected chi connectivity index (χ4v) is 3.13. The molecule has 1 fully saturated rings. The molecule has 0 unspecified atom stereocenters. The van der Waals surface area contributed by atoms with E-state index < -0.39 is 10.0 Å². The molecule has 0 atom stereocenters. The molecular formula is C14H20N2O3S. The highest BCUT2D eigenvalue weighted by molar-refractivity contribution is 7.89. The number of carbonyl (C=O) groups is 1. The van der Waals surface area contributed by atoms with Crippen molar-refractivity contribution in [3.8, 4) is 0 Å². The standard InChI is InChI=1S/C14H20N2O3S/c1-11-8-12(10-13(9-11)20(15,18)19)14(17)16-6-4-2-3-5-7-16/h8-10H,2-7H2,1H3,(H2,15,18,19). The molecule has 1 heterocycles. The molecule has 110 valence electrons. The average Bonchev–Trinajstić information content (AvgIpc) is 2.65. The number of aryl methyl sites for hydroxylation is 1. The van der Waals surface area contributed by atoms with Gasteiger partial charge in [-0.2, -0.15) is 0 Å². The second kappa shape index (κ2) is 5.93. The Bertz CT molecular complexity index is 603. The number of nitrogens with two attached hydrogens (primary N) is 1. The molecule has 0 aliphatic carbocycles. The zero-order valence-corrected chi connectivity index (χ0v) is 12.4. The van der Waals surface area contributed by atoms with Crippen LogP contribution in [0, 0.1) is 6.92 Å². The number of primary sulfonamides is 1. The van der Waals surface area contributed by atoms with E-state index in [0.29, 0.717) is 5.56 Å². The van der Waals surface area contributed by atoms with E-state index in [1.165, 1.54) is 12.1 Å². The summed E-state index contributed by atoms with van der Waals surface area (Å²) in [5.41, 5.74) is 1.12. The molecule has 2 rings (SSSR count). The minimum Gasteiger partial charge on any atom is -0.339 e. The molecule has 20 heavy (non-hydrogen) atoms. The number of rotatable bonds is 2. The van der Waals surface area contributed by atoms with E-state index in [0.717, 1.165) is 44.3 Å². The number of nitrogens with zero attached hydrogens (tertiary/aromatic N) is 1. The molecule has 0 spiro atoms. The predicted molar refractivity (Wildman–Crippen MR) is 76.9 cm³/mol. The van der Waals surface area contributed by atoms with E-state index in [1.807, 2.05) is 0 Å². The van der Waals surface area contributed by atoms with E-state index in [4.69, 9.17) is 5.14 Å². The van der Waals surface area contributed by atoms with Gasteiger partial charge in [0, 0.05) is 18.7 Å². The molecular weight excluding hydrogens is 276 g/mol. The van der Waals surface area contributed by atoms with Crippen LogP contribution in [0.2, 0.25) is 0 Å². The van der Waals surface area contributed by atoms with Crippen LogP contribution in [0.1, 0.15) is 41.6 Å². The SMILES string of the molecule is Cc1cc(C(=O)N2CCCCCC2)cc(S(N)(=O)=O)c1. The third-order valence-electron chi connectivity index (χ3n) is 3.52. The third kappa shape index (κ3) is 3.58. The van der Waals surface area contributed by atoms with Gasteiger partial charge in [-0.15, -0.1) is 0 Å². The Morgan fingerprint density at radius 3 is 2.25 bits per heavy atom. The summed E-state index contributed by atoms with van der Waals surface area (Å²) in [7, 11) is -3.79. The Morgan fingerprint density at radius 2 is 1.70 bits per heavy atom. The van der Waals surface area contributed by atoms with Gasteiger partial charge in [-0.1, -0.05) is 12.8 Å². The van der Waals surface area contributed by atoms with E-state index in [2.05, 4.69) is 0 Å². The zero-order chi connectivity index (χ0) is 14.8. The van der Waals surface area contributed by atoms with Crippen molar-refractivity contribution in [1.29, 1.82) is 0 Å². The molecule has 2 N–H and O–H groups in total. The van der Waals surface area contributed by atoms with Crippen LogP contribution >= 0.6 is 0 Å². The second-order valence-electron chi connectivity index (χ2n) is 5.29. The summed E-state index contributed by atoms with van der Waals surface area (Å²) in [5, 5.41) is 5.15. The first kappa shape index (κ1) is 15.0. The van der Waals surface area contributed by atoms with E-state index in [1.54, 1.807) is 17.9 Å². The lowest BCUT2D eigenvalue weighted by Crippen LogP contribution is -2.32. The van der Waals surface area contributed by atoms with Gasteiger partial charge in [0.1, 0.15) is 0 Å². The second-order valence-corrected chi connectivity index (χ2v) is 6.85. The Morgan fingerprint density at radius 1 is 1.10 bits per heavy atom. The number of sulfonamides is 1. The molecule has 1 aliphatic heterocycles. The Kier molecular flexibility index (Phi) is 4.45. The Labute approximate surface area is 119 Å². The Balaban J connectivity index is 2.32. The highest BCUT2D eigenvalue weighted by atomic mass is 32.2. The highest BCUT2D eigenvalue weighted by Crippen LogP contribution is 2.18. The van der Waals surface area contributed by atoms with Crippen molar-refractivity contribution in [2.24, 2.45) is 5.14 Å². The monoisotopic (exact) mass is 296 g/mol. The van der Waals surface area contributed by atoms with Crippen molar-refractivity contribution < 1.29 is 13.2 Å². The van der Waals surface area contributed by atoms with Gasteiger partial charge in [-0.05, 0) is 43.5 Å². The molecule has 0 radical (unpaired) electrons. The number of hydrogen-bond acceptors (Lipinski definition) is 3. The van der Waals surface area contributed by atoms with Gasteiger partial charge in [0.2, 0.25) is 10.0 Å². The van der Waals surface area contributed by atoms with Gasteiger partial charge in [0.05, 0.1) is 4.90 Å². The fourth-order valence-electron chi connectivity index (χ4n) is 2.49. The van der Waals surface area contributed by atoms with Gasteiger partial charge in [-0.25, -0.2) is 13.6 Å². The van der Waals surface area contributed by atoms with Crippen LogP contribution in [0.3, 0.4) is 0 Å². The van der Waals surface area contributed by atoms with Crippen LogP contribution in [0.4, 0.5) is 0 Å². The summed E-state index contributed by atoms with van der Waals surface area (Å²) in [6, 6.07) is 4.56. The van der Waals surface area contributed by atoms with Crippen LogP contribution < -0.4 is 5.14 Å². The maximum absolute atomic E-state index is 12.5. The average molecular weight is 296 g/mol. The first-order valence-electron chi connectivity index (χ1n) is 6.82. The third-order valence-corrected chi connectivity index (χ3v) is 4.41. The van der Waals surface area contributed by atoms with Crippen LogP contribution in [0.25, 0.3) is 0 Å². The summed E-state index contributed by atoms with van der Waals surface area (Å²) in [4.78, 5) is 14.3. The topological polar surface area (TPSA) is 80.5 Å². The number of likely N-dealkylation sites (tertiary alicyclic amines) is 1. The quantitative estimate of drug-likeness (QED) is 0.901. The molecule has 0 saturated carbocycles. The molecule has 1 saturated heterocycles. The van der Waals surface area contributed by atoms with Crippen molar-refractivity contribution in [3.05, 3.63) is 29.3 Å². The number of benzene rings is 1. The number of amides is 1. The maximum Gasteiger partial charge on any atom is 0.253 e. The van der Waals surface area contributed by atoms with Gasteiger partial charge in [0.15, 0.2) is 0 Å². The zero-order valence-electron chi connectivity index (χ0n) is 11.6. The minimum absolute atomic E-state index is 0.00401. The summed E-state index contributed by atoms with van der Waals surface area (Å²) in [6.07, 6.45) is 4.28. The van der Waals surface area contributed by atoms with Crippen molar-refractivity contribution in [2.45, 2.75) is 37.5 Å². The lowest BCUT2D eigenvalue weighted by atomic mass is 10.1. The van der Waals surface area contributed by atoms with Gasteiger partial charge in [-0.3, -0.25) is 4.79 Å². The summed E-state index contributed by atoms with van der Waals surface area (Å²) in [6.45, 7) is 3.23. The number of hydrogen-bond donors (Lipinski definition) is 1. The van der Waals surface area contributed by atoms with Crippen molar-refractivity contribution in [3.63, 3.8) is 0 Å². The molecule has 0 bridgehead atoms. The molecule has 5 nitrogen and oxygen atoms in total. The normalized spacial score (nSPS) is 16.8. The van der Waals surface area contributed by atoms with Gasteiger partial charge in [0.25, 0.3) is 5.91 Å². The maximum atomic E-state index is 12.5. The van der Waals surface area contributed by atoms with Crippen LogP contribution in [-0.4, -0.2) is 32.3 Å². The summed E-state index contributed by atoms with van der Waals surface area (Å²) >= 11 is 0. The number of carbonyl (C=O) groups excluding carboxylic acids is 1.